The molecule has 1 aromatic carbocycles. The largest absolute Gasteiger partial charge is 0.325 e. The lowest BCUT2D eigenvalue weighted by Crippen LogP contribution is -2.10. The molecule has 1 unspecified atom stereocenters. The van der Waals surface area contributed by atoms with Crippen LogP contribution in [-0.2, 0) is 0 Å². The number of imidazole rings is 1. The van der Waals surface area contributed by atoms with E-state index < -0.39 is 0 Å². The summed E-state index contributed by atoms with van der Waals surface area (Å²) in [5.41, 5.74) is 4.32. The molecule has 5 nitrogen and oxygen atoms in total. The molecule has 0 spiro atoms. The number of benzene rings is 1. The van der Waals surface area contributed by atoms with E-state index in [0.717, 1.165) is 28.4 Å². The van der Waals surface area contributed by atoms with Crippen LogP contribution in [-0.4, -0.2) is 35.6 Å². The quantitative estimate of drug-likeness (QED) is 0.529. The zero-order valence-electron chi connectivity index (χ0n) is 14.8. The van der Waals surface area contributed by atoms with Crippen LogP contribution in [0.3, 0.4) is 0 Å². The molecule has 0 saturated carbocycles. The fourth-order valence-corrected chi connectivity index (χ4v) is 4.81. The molecule has 0 N–H and O–H groups in total. The summed E-state index contributed by atoms with van der Waals surface area (Å²) in [6.45, 7) is 0. The Morgan fingerprint density at radius 1 is 0.926 bits per heavy atom. The van der Waals surface area contributed by atoms with Crippen molar-refractivity contribution in [1.82, 2.24) is 24.1 Å². The summed E-state index contributed by atoms with van der Waals surface area (Å²) in [6.07, 6.45) is 8.73. The molecular weight excluding hydrogens is 354 g/mol. The molecule has 1 aliphatic heterocycles. The van der Waals surface area contributed by atoms with Gasteiger partial charge in [0.2, 0.25) is 5.95 Å². The second kappa shape index (κ2) is 7.04. The van der Waals surface area contributed by atoms with E-state index in [2.05, 4.69) is 44.9 Å². The Balaban J connectivity index is 1.72. The van der Waals surface area contributed by atoms with Crippen molar-refractivity contribution in [3.63, 3.8) is 0 Å². The lowest BCUT2D eigenvalue weighted by molar-refractivity contribution is 0.563. The SMILES string of the molecule is c1ccc(-c2ncn(C3CCSC3)c2-c2cccn2-c2ncccn2)cc1. The summed E-state index contributed by atoms with van der Waals surface area (Å²) < 4.78 is 4.39. The smallest absolute Gasteiger partial charge is 0.234 e. The van der Waals surface area contributed by atoms with Gasteiger partial charge in [-0.25, -0.2) is 15.0 Å². The summed E-state index contributed by atoms with van der Waals surface area (Å²) >= 11 is 2.01. The molecule has 5 rings (SSSR count). The Morgan fingerprint density at radius 3 is 2.56 bits per heavy atom. The summed E-state index contributed by atoms with van der Waals surface area (Å²) in [5.74, 6) is 3.00. The third-order valence-electron chi connectivity index (χ3n) is 4.90. The zero-order valence-corrected chi connectivity index (χ0v) is 15.6. The molecule has 0 aliphatic carbocycles. The lowest BCUT2D eigenvalue weighted by Gasteiger charge is -2.17. The van der Waals surface area contributed by atoms with Crippen LogP contribution in [0.5, 0.6) is 0 Å². The first-order valence-electron chi connectivity index (χ1n) is 9.07. The van der Waals surface area contributed by atoms with E-state index in [4.69, 9.17) is 4.98 Å². The van der Waals surface area contributed by atoms with Gasteiger partial charge in [0.25, 0.3) is 0 Å². The van der Waals surface area contributed by atoms with E-state index in [1.807, 2.05) is 47.1 Å². The monoisotopic (exact) mass is 373 g/mol. The lowest BCUT2D eigenvalue weighted by atomic mass is 10.1. The van der Waals surface area contributed by atoms with Crippen LogP contribution in [0.4, 0.5) is 0 Å². The number of nitrogens with zero attached hydrogens (tertiary/aromatic N) is 5. The van der Waals surface area contributed by atoms with Crippen LogP contribution >= 0.6 is 11.8 Å². The molecule has 1 saturated heterocycles. The summed E-state index contributed by atoms with van der Waals surface area (Å²) in [5, 5.41) is 0. The number of rotatable bonds is 4. The van der Waals surface area contributed by atoms with Crippen molar-refractivity contribution in [3.8, 4) is 28.6 Å². The molecule has 134 valence electrons. The van der Waals surface area contributed by atoms with Gasteiger partial charge >= 0.3 is 0 Å². The molecule has 4 aromatic rings. The number of thioether (sulfide) groups is 1. The Bertz CT molecular complexity index is 1030. The molecule has 0 amide bonds. The second-order valence-corrected chi connectivity index (χ2v) is 7.69. The fourth-order valence-electron chi connectivity index (χ4n) is 3.60. The Morgan fingerprint density at radius 2 is 1.78 bits per heavy atom. The molecule has 0 bridgehead atoms. The fraction of sp³-hybridized carbons (Fsp3) is 0.190. The van der Waals surface area contributed by atoms with Gasteiger partial charge in [0, 0.05) is 35.9 Å². The average Bonchev–Trinajstić information content (AvgIpc) is 3.48. The predicted molar refractivity (Wildman–Crippen MR) is 109 cm³/mol. The normalized spacial score (nSPS) is 16.7. The zero-order chi connectivity index (χ0) is 18.1. The standard InChI is InChI=1S/C21H19N5S/c1-2-6-16(7-3-1)19-20(26(15-24-19)17-9-13-27-14-17)18-8-4-12-25(18)21-22-10-5-11-23-21/h1-8,10-12,15,17H,9,13-14H2. The minimum atomic E-state index is 0.468. The third-order valence-corrected chi connectivity index (χ3v) is 6.04. The van der Waals surface area contributed by atoms with Gasteiger partial charge in [-0.15, -0.1) is 0 Å². The highest BCUT2D eigenvalue weighted by atomic mass is 32.2. The molecule has 6 heteroatoms. The van der Waals surface area contributed by atoms with Crippen LogP contribution < -0.4 is 0 Å². The van der Waals surface area contributed by atoms with E-state index in [9.17, 15) is 0 Å². The van der Waals surface area contributed by atoms with Gasteiger partial charge in [0.15, 0.2) is 0 Å². The van der Waals surface area contributed by atoms with Crippen molar-refractivity contribution < 1.29 is 0 Å². The summed E-state index contributed by atoms with van der Waals surface area (Å²) in [6, 6.07) is 16.9. The first-order valence-corrected chi connectivity index (χ1v) is 10.2. The maximum atomic E-state index is 4.82. The maximum absolute atomic E-state index is 4.82. The Kier molecular flexibility index (Phi) is 4.26. The van der Waals surface area contributed by atoms with Gasteiger partial charge < -0.3 is 4.57 Å². The van der Waals surface area contributed by atoms with Gasteiger partial charge in [-0.3, -0.25) is 4.57 Å². The van der Waals surface area contributed by atoms with Crippen LogP contribution in [0.15, 0.2) is 73.4 Å². The van der Waals surface area contributed by atoms with Crippen molar-refractivity contribution in [2.24, 2.45) is 0 Å². The van der Waals surface area contributed by atoms with Gasteiger partial charge in [-0.1, -0.05) is 30.3 Å². The highest BCUT2D eigenvalue weighted by molar-refractivity contribution is 7.99. The van der Waals surface area contributed by atoms with E-state index in [1.165, 1.54) is 12.2 Å². The average molecular weight is 373 g/mol. The van der Waals surface area contributed by atoms with Gasteiger partial charge in [-0.05, 0) is 30.4 Å². The van der Waals surface area contributed by atoms with E-state index in [1.54, 1.807) is 12.4 Å². The Labute approximate surface area is 162 Å². The van der Waals surface area contributed by atoms with E-state index >= 15 is 0 Å². The number of hydrogen-bond acceptors (Lipinski definition) is 4. The van der Waals surface area contributed by atoms with Gasteiger partial charge in [-0.2, -0.15) is 11.8 Å². The van der Waals surface area contributed by atoms with Crippen molar-refractivity contribution >= 4 is 11.8 Å². The van der Waals surface area contributed by atoms with E-state index in [0.29, 0.717) is 12.0 Å². The number of hydrogen-bond donors (Lipinski definition) is 0. The van der Waals surface area contributed by atoms with Crippen molar-refractivity contribution in [1.29, 1.82) is 0 Å². The topological polar surface area (TPSA) is 48.5 Å². The highest BCUT2D eigenvalue weighted by Crippen LogP contribution is 2.38. The molecule has 0 radical (unpaired) electrons. The van der Waals surface area contributed by atoms with Gasteiger partial charge in [0.05, 0.1) is 23.4 Å². The molecule has 27 heavy (non-hydrogen) atoms. The van der Waals surface area contributed by atoms with Crippen molar-refractivity contribution in [2.45, 2.75) is 12.5 Å². The van der Waals surface area contributed by atoms with Crippen molar-refractivity contribution in [2.75, 3.05) is 11.5 Å². The first-order chi connectivity index (χ1) is 13.4. The molecule has 1 aliphatic rings. The second-order valence-electron chi connectivity index (χ2n) is 6.54. The van der Waals surface area contributed by atoms with E-state index in [-0.39, 0.29) is 0 Å². The molecule has 4 heterocycles. The van der Waals surface area contributed by atoms with Gasteiger partial charge in [0.1, 0.15) is 0 Å². The summed E-state index contributed by atoms with van der Waals surface area (Å²) in [7, 11) is 0. The number of aromatic nitrogens is 5. The molecule has 1 atom stereocenters. The van der Waals surface area contributed by atoms with Crippen LogP contribution in [0.2, 0.25) is 0 Å². The predicted octanol–water partition coefficient (Wildman–Crippen LogP) is 4.48. The van der Waals surface area contributed by atoms with Crippen LogP contribution in [0, 0.1) is 0 Å². The van der Waals surface area contributed by atoms with Crippen LogP contribution in [0.1, 0.15) is 12.5 Å². The molecule has 1 fully saturated rings. The maximum Gasteiger partial charge on any atom is 0.234 e. The van der Waals surface area contributed by atoms with Crippen molar-refractivity contribution in [3.05, 3.63) is 73.4 Å². The minimum Gasteiger partial charge on any atom is -0.325 e. The molecule has 3 aromatic heterocycles. The Hall–Kier alpha value is -2.86. The third kappa shape index (κ3) is 2.96. The molecular formula is C21H19N5S. The highest BCUT2D eigenvalue weighted by Gasteiger charge is 2.25. The summed E-state index contributed by atoms with van der Waals surface area (Å²) in [4.78, 5) is 13.7. The first kappa shape index (κ1) is 16.3. The minimum absolute atomic E-state index is 0.468. The van der Waals surface area contributed by atoms with Crippen LogP contribution in [0.25, 0.3) is 28.6 Å².